The standard InChI is InChI=1S/C14H27NOS.C13H26N2OS/c1-13(2,3)17(16)15-12-8-7-11-14(12)9-5-4-6-10-14;1-12(2,3)17(16)15-11-5-4-6-13(11)7-9-14-10-8-13/h12,15H,4-11H2,1-3H3;11,14-15H,4-10H2,1-3H3/t12-,17-;11-,17-/m11/s1. The van der Waals surface area contributed by atoms with Crippen molar-refractivity contribution >= 4 is 22.0 Å². The highest BCUT2D eigenvalue weighted by atomic mass is 32.2. The van der Waals surface area contributed by atoms with Gasteiger partial charge < -0.3 is 5.32 Å². The maximum absolute atomic E-state index is 12.2. The molecule has 0 aromatic heterocycles. The average molecular weight is 516 g/mol. The van der Waals surface area contributed by atoms with E-state index in [2.05, 4.69) is 35.5 Å². The normalized spacial score (nSPS) is 30.6. The minimum absolute atomic E-state index is 0.140. The Hall–Kier alpha value is 0.180. The second-order valence-electron chi connectivity index (χ2n) is 13.4. The molecule has 0 bridgehead atoms. The fourth-order valence-electron chi connectivity index (χ4n) is 6.63. The van der Waals surface area contributed by atoms with Crippen LogP contribution in [-0.4, -0.2) is 43.1 Å². The molecule has 3 N–H and O–H groups in total. The summed E-state index contributed by atoms with van der Waals surface area (Å²) >= 11 is 0. The van der Waals surface area contributed by atoms with Crippen molar-refractivity contribution in [3.8, 4) is 0 Å². The van der Waals surface area contributed by atoms with Gasteiger partial charge in [0.2, 0.25) is 0 Å². The molecule has 1 saturated heterocycles. The van der Waals surface area contributed by atoms with Crippen LogP contribution in [0.5, 0.6) is 0 Å². The van der Waals surface area contributed by atoms with Gasteiger partial charge in [0.15, 0.2) is 0 Å². The Bertz CT molecular complexity index is 642. The summed E-state index contributed by atoms with van der Waals surface area (Å²) in [5.41, 5.74) is 0.908. The van der Waals surface area contributed by atoms with Crippen molar-refractivity contribution in [3.63, 3.8) is 0 Å². The van der Waals surface area contributed by atoms with Crippen LogP contribution in [0.4, 0.5) is 0 Å². The highest BCUT2D eigenvalue weighted by Gasteiger charge is 2.45. The summed E-state index contributed by atoms with van der Waals surface area (Å²) in [6, 6.07) is 0.965. The monoisotopic (exact) mass is 515 g/mol. The van der Waals surface area contributed by atoms with Crippen LogP contribution in [0.15, 0.2) is 0 Å². The maximum Gasteiger partial charge on any atom is 0.0972 e. The van der Waals surface area contributed by atoms with Crippen LogP contribution in [-0.2, 0) is 22.0 Å². The molecule has 2 spiro atoms. The van der Waals surface area contributed by atoms with Crippen molar-refractivity contribution in [2.75, 3.05) is 13.1 Å². The molecular formula is C27H53N3O2S2. The molecule has 4 fully saturated rings. The van der Waals surface area contributed by atoms with Gasteiger partial charge in [-0.2, -0.15) is 0 Å². The molecule has 0 aromatic carbocycles. The van der Waals surface area contributed by atoms with Crippen LogP contribution >= 0.6 is 0 Å². The van der Waals surface area contributed by atoms with Crippen LogP contribution in [0.2, 0.25) is 0 Å². The molecule has 5 nitrogen and oxygen atoms in total. The van der Waals surface area contributed by atoms with E-state index >= 15 is 0 Å². The Morgan fingerprint density at radius 1 is 0.618 bits per heavy atom. The molecule has 3 aliphatic carbocycles. The minimum Gasteiger partial charge on any atom is -0.317 e. The third-order valence-corrected chi connectivity index (χ3v) is 12.1. The summed E-state index contributed by atoms with van der Waals surface area (Å²) < 4.78 is 31.1. The van der Waals surface area contributed by atoms with Gasteiger partial charge in [-0.25, -0.2) is 17.9 Å². The van der Waals surface area contributed by atoms with Gasteiger partial charge in [-0.3, -0.25) is 0 Å². The molecule has 1 aliphatic heterocycles. The second kappa shape index (κ2) is 11.7. The van der Waals surface area contributed by atoms with Crippen LogP contribution in [0.3, 0.4) is 0 Å². The van der Waals surface area contributed by atoms with Crippen molar-refractivity contribution in [1.82, 2.24) is 14.8 Å². The molecule has 4 aliphatic rings. The summed E-state index contributed by atoms with van der Waals surface area (Å²) in [6.45, 7) is 14.5. The maximum atomic E-state index is 12.2. The Morgan fingerprint density at radius 2 is 1.00 bits per heavy atom. The first-order valence-electron chi connectivity index (χ1n) is 13.9. The van der Waals surface area contributed by atoms with E-state index in [9.17, 15) is 8.42 Å². The fourth-order valence-corrected chi connectivity index (χ4v) is 8.59. The van der Waals surface area contributed by atoms with Crippen LogP contribution in [0.1, 0.15) is 125 Å². The van der Waals surface area contributed by atoms with Crippen molar-refractivity contribution in [3.05, 3.63) is 0 Å². The molecule has 3 saturated carbocycles. The van der Waals surface area contributed by atoms with Gasteiger partial charge in [0.25, 0.3) is 0 Å². The molecule has 0 aromatic rings. The lowest BCUT2D eigenvalue weighted by molar-refractivity contribution is 0.163. The topological polar surface area (TPSA) is 70.2 Å². The molecule has 200 valence electrons. The van der Waals surface area contributed by atoms with Gasteiger partial charge in [0, 0.05) is 12.1 Å². The Kier molecular flexibility index (Phi) is 9.90. The zero-order valence-electron chi connectivity index (χ0n) is 22.9. The average Bonchev–Trinajstić information content (AvgIpc) is 3.32. The predicted octanol–water partition coefficient (Wildman–Crippen LogP) is 5.50. The van der Waals surface area contributed by atoms with Crippen LogP contribution in [0.25, 0.3) is 0 Å². The summed E-state index contributed by atoms with van der Waals surface area (Å²) in [5, 5.41) is 3.44. The summed E-state index contributed by atoms with van der Waals surface area (Å²) in [7, 11) is -1.83. The summed E-state index contributed by atoms with van der Waals surface area (Å²) in [6.07, 6.45) is 17.0. The van der Waals surface area contributed by atoms with Gasteiger partial charge in [-0.1, -0.05) is 32.1 Å². The number of piperidine rings is 1. The van der Waals surface area contributed by atoms with E-state index < -0.39 is 22.0 Å². The SMILES string of the molecule is CC(C)(C)[S@@](=O)N[C@@H]1CCCC12CCCCC2.CC(C)(C)[S@@](=O)N[C@@H]1CCCC12CCNCC2. The molecule has 0 unspecified atom stereocenters. The molecule has 34 heavy (non-hydrogen) atoms. The van der Waals surface area contributed by atoms with Gasteiger partial charge in [0.1, 0.15) is 0 Å². The Labute approximate surface area is 215 Å². The van der Waals surface area contributed by atoms with Crippen molar-refractivity contribution in [1.29, 1.82) is 0 Å². The number of nitrogens with one attached hydrogen (secondary N) is 3. The lowest BCUT2D eigenvalue weighted by Crippen LogP contribution is -2.50. The van der Waals surface area contributed by atoms with E-state index in [-0.39, 0.29) is 9.49 Å². The fraction of sp³-hybridized carbons (Fsp3) is 1.00. The largest absolute Gasteiger partial charge is 0.317 e. The second-order valence-corrected chi connectivity index (χ2v) is 17.4. The summed E-state index contributed by atoms with van der Waals surface area (Å²) in [5.74, 6) is 0. The Morgan fingerprint density at radius 3 is 1.41 bits per heavy atom. The van der Waals surface area contributed by atoms with E-state index in [4.69, 9.17) is 0 Å². The smallest absolute Gasteiger partial charge is 0.0972 e. The van der Waals surface area contributed by atoms with Crippen molar-refractivity contribution < 1.29 is 8.42 Å². The van der Waals surface area contributed by atoms with Gasteiger partial charge in [0.05, 0.1) is 31.5 Å². The molecule has 4 rings (SSSR count). The number of hydrogen-bond donors (Lipinski definition) is 3. The first-order valence-corrected chi connectivity index (χ1v) is 16.2. The first-order chi connectivity index (χ1) is 15.9. The number of hydrogen-bond acceptors (Lipinski definition) is 3. The van der Waals surface area contributed by atoms with Crippen LogP contribution < -0.4 is 14.8 Å². The lowest BCUT2D eigenvalue weighted by Gasteiger charge is -2.40. The highest BCUT2D eigenvalue weighted by molar-refractivity contribution is 7.84. The van der Waals surface area contributed by atoms with E-state index in [0.717, 1.165) is 13.1 Å². The minimum atomic E-state index is -0.925. The Balaban J connectivity index is 0.000000191. The molecule has 0 radical (unpaired) electrons. The van der Waals surface area contributed by atoms with E-state index in [1.807, 2.05) is 20.8 Å². The van der Waals surface area contributed by atoms with E-state index in [1.54, 1.807) is 0 Å². The van der Waals surface area contributed by atoms with Gasteiger partial charge >= 0.3 is 0 Å². The third-order valence-electron chi connectivity index (χ3n) is 8.87. The van der Waals surface area contributed by atoms with E-state index in [1.165, 1.54) is 83.5 Å². The van der Waals surface area contributed by atoms with Crippen molar-refractivity contribution in [2.24, 2.45) is 10.8 Å². The molecular weight excluding hydrogens is 462 g/mol. The molecule has 1 heterocycles. The van der Waals surface area contributed by atoms with Crippen molar-refractivity contribution in [2.45, 2.75) is 147 Å². The molecule has 4 atom stereocenters. The lowest BCUT2D eigenvalue weighted by atomic mass is 9.71. The first kappa shape index (κ1) is 28.7. The number of rotatable bonds is 4. The van der Waals surface area contributed by atoms with E-state index in [0.29, 0.717) is 22.9 Å². The summed E-state index contributed by atoms with van der Waals surface area (Å²) in [4.78, 5) is 0. The van der Waals surface area contributed by atoms with Gasteiger partial charge in [-0.15, -0.1) is 0 Å². The molecule has 7 heteroatoms. The highest BCUT2D eigenvalue weighted by Crippen LogP contribution is 2.49. The van der Waals surface area contributed by atoms with Gasteiger partial charge in [-0.05, 0) is 117 Å². The zero-order chi connectivity index (χ0) is 25.0. The third kappa shape index (κ3) is 7.14. The predicted molar refractivity (Wildman–Crippen MR) is 147 cm³/mol. The quantitative estimate of drug-likeness (QED) is 0.463. The van der Waals surface area contributed by atoms with Crippen LogP contribution in [0, 0.1) is 10.8 Å². The zero-order valence-corrected chi connectivity index (χ0v) is 24.5. The molecule has 0 amide bonds.